The van der Waals surface area contributed by atoms with Gasteiger partial charge in [0.25, 0.3) is 12.1 Å². The Hall–Kier alpha value is -4.33. The van der Waals surface area contributed by atoms with Crippen molar-refractivity contribution in [2.24, 2.45) is 11.1 Å². The Morgan fingerprint density at radius 2 is 1.87 bits per heavy atom. The lowest BCUT2D eigenvalue weighted by Crippen LogP contribution is -2.72. The van der Waals surface area contributed by atoms with Gasteiger partial charge in [0, 0.05) is 41.4 Å². The van der Waals surface area contributed by atoms with Gasteiger partial charge in [-0.25, -0.2) is 23.2 Å². The van der Waals surface area contributed by atoms with Crippen LogP contribution in [0.15, 0.2) is 42.5 Å². The van der Waals surface area contributed by atoms with E-state index in [-0.39, 0.29) is 46.0 Å². The molecule has 0 saturated heterocycles. The molecule has 0 amide bonds. The summed E-state index contributed by atoms with van der Waals surface area (Å²) in [7, 11) is 0. The van der Waals surface area contributed by atoms with Crippen LogP contribution >= 0.6 is 0 Å². The number of rotatable bonds is 11. The van der Waals surface area contributed by atoms with E-state index in [1.54, 1.807) is 6.07 Å². The van der Waals surface area contributed by atoms with E-state index >= 15 is 0 Å². The second-order valence-electron chi connectivity index (χ2n) is 14.5. The molecule has 3 aromatic rings. The molecule has 3 atom stereocenters. The van der Waals surface area contributed by atoms with Crippen molar-refractivity contribution in [3.8, 4) is 11.6 Å². The van der Waals surface area contributed by atoms with Crippen molar-refractivity contribution < 1.29 is 32.7 Å². The summed E-state index contributed by atoms with van der Waals surface area (Å²) in [6.07, 6.45) is 1.28. The monoisotopic (exact) mass is 654 g/mol. The van der Waals surface area contributed by atoms with Crippen LogP contribution in [0, 0.1) is 15.5 Å². The average molecular weight is 655 g/mol. The van der Waals surface area contributed by atoms with E-state index in [9.17, 15) is 23.7 Å². The van der Waals surface area contributed by atoms with Crippen LogP contribution in [0.3, 0.4) is 0 Å². The number of alkyl halides is 2. The molecule has 0 radical (unpaired) electrons. The van der Waals surface area contributed by atoms with Crippen LogP contribution in [0.1, 0.15) is 96.4 Å². The Kier molecular flexibility index (Phi) is 8.35. The van der Waals surface area contributed by atoms with Gasteiger partial charge in [0.05, 0.1) is 22.3 Å². The number of halogens is 2. The number of carbonyl (C=O) groups excluding carboxylic acids is 1. The van der Waals surface area contributed by atoms with E-state index in [1.165, 1.54) is 30.3 Å². The second-order valence-corrected chi connectivity index (χ2v) is 14.5. The molecule has 12 nitrogen and oxygen atoms in total. The molecule has 0 aliphatic heterocycles. The van der Waals surface area contributed by atoms with Gasteiger partial charge in [-0.15, -0.1) is 0 Å². The fourth-order valence-electron chi connectivity index (χ4n) is 7.48. The van der Waals surface area contributed by atoms with Crippen LogP contribution in [0.25, 0.3) is 0 Å². The molecule has 0 spiro atoms. The van der Waals surface area contributed by atoms with Gasteiger partial charge in [-0.1, -0.05) is 0 Å². The first-order chi connectivity index (χ1) is 22.1. The molecule has 4 fully saturated rings. The first-order valence-electron chi connectivity index (χ1n) is 15.8. The van der Waals surface area contributed by atoms with Gasteiger partial charge < -0.3 is 25.3 Å². The smallest absolute Gasteiger partial charge is 0.475 e. The largest absolute Gasteiger partial charge is 0.514 e. The number of hydrogen-bond acceptors (Lipinski definition) is 10. The van der Waals surface area contributed by atoms with Gasteiger partial charge >= 0.3 is 6.16 Å². The highest BCUT2D eigenvalue weighted by Gasteiger charge is 2.65. The molecule has 2 heterocycles. The number of nitrogens with two attached hydrogens (primary N) is 1. The minimum Gasteiger partial charge on any atom is -0.475 e. The maximum absolute atomic E-state index is 13.9. The topological polar surface area (TPSA) is 157 Å². The number of carbonyl (C=O) groups is 1. The van der Waals surface area contributed by atoms with Gasteiger partial charge in [-0.2, -0.15) is 5.10 Å². The van der Waals surface area contributed by atoms with Crippen LogP contribution in [0.4, 0.5) is 30.8 Å². The molecule has 47 heavy (non-hydrogen) atoms. The number of pyridine rings is 1. The highest BCUT2D eigenvalue weighted by atomic mass is 19.3. The van der Waals surface area contributed by atoms with Crippen molar-refractivity contribution >= 4 is 23.3 Å². The van der Waals surface area contributed by atoms with Gasteiger partial charge in [-0.3, -0.25) is 10.1 Å². The number of ether oxygens (including phenoxy) is 3. The summed E-state index contributed by atoms with van der Waals surface area (Å²) in [6, 6.07) is 10.00. The summed E-state index contributed by atoms with van der Waals surface area (Å²) in [6.45, 7) is 7.91. The number of nitro benzene ring substituents is 1. The molecular weight excluding hydrogens is 614 g/mol. The fourth-order valence-corrected chi connectivity index (χ4v) is 7.48. The molecular formula is C33H40F2N6O6. The number of nitrogens with one attached hydrogen (secondary N) is 1. The third kappa shape index (κ3) is 7.16. The van der Waals surface area contributed by atoms with E-state index in [1.807, 2.05) is 38.4 Å². The summed E-state index contributed by atoms with van der Waals surface area (Å²) < 4.78 is 46.4. The SMILES string of the molecule is CC(CC12CC(N)(C1)C2)Oc1cc(Nc2cc([C@H]3CC[C@@H](OC(=O)Oc4ccc([N+](=O)[O-])cc4)C3)nn2C(C)(C)C)cc(C(F)F)n1. The van der Waals surface area contributed by atoms with Crippen molar-refractivity contribution in [3.63, 3.8) is 0 Å². The van der Waals surface area contributed by atoms with Crippen molar-refractivity contribution in [3.05, 3.63) is 64.0 Å². The maximum atomic E-state index is 13.9. The van der Waals surface area contributed by atoms with E-state index in [0.29, 0.717) is 30.8 Å². The summed E-state index contributed by atoms with van der Waals surface area (Å²) >= 11 is 0. The molecule has 3 N–H and O–H groups in total. The van der Waals surface area contributed by atoms with Crippen LogP contribution in [0.2, 0.25) is 0 Å². The predicted octanol–water partition coefficient (Wildman–Crippen LogP) is 7.51. The molecule has 4 saturated carbocycles. The van der Waals surface area contributed by atoms with Gasteiger partial charge in [-0.05, 0) is 96.3 Å². The quantitative estimate of drug-likeness (QED) is 0.0917. The Morgan fingerprint density at radius 1 is 1.17 bits per heavy atom. The summed E-state index contributed by atoms with van der Waals surface area (Å²) in [4.78, 5) is 26.8. The van der Waals surface area contributed by atoms with Crippen LogP contribution in [-0.4, -0.2) is 43.6 Å². The number of hydrogen-bond donors (Lipinski definition) is 2. The summed E-state index contributed by atoms with van der Waals surface area (Å²) in [5.74, 6) is 0.866. The first-order valence-corrected chi connectivity index (χ1v) is 15.8. The number of non-ortho nitro benzene ring substituents is 1. The number of nitro groups is 1. The minimum atomic E-state index is -2.78. The number of nitrogens with zero attached hydrogens (tertiary/aromatic N) is 4. The lowest BCUT2D eigenvalue weighted by molar-refractivity contribution is -0.384. The van der Waals surface area contributed by atoms with Gasteiger partial charge in [0.15, 0.2) is 0 Å². The lowest BCUT2D eigenvalue weighted by atomic mass is 9.38. The molecule has 14 heteroatoms. The van der Waals surface area contributed by atoms with Gasteiger partial charge in [0.1, 0.15) is 23.4 Å². The van der Waals surface area contributed by atoms with Crippen LogP contribution in [-0.2, 0) is 10.3 Å². The molecule has 252 valence electrons. The van der Waals surface area contributed by atoms with Crippen molar-refractivity contribution in [2.75, 3.05) is 5.32 Å². The van der Waals surface area contributed by atoms with Crippen molar-refractivity contribution in [1.29, 1.82) is 0 Å². The molecule has 2 aromatic heterocycles. The third-order valence-corrected chi connectivity index (χ3v) is 9.22. The van der Waals surface area contributed by atoms with E-state index in [0.717, 1.165) is 31.4 Å². The Labute approximate surface area is 271 Å². The Bertz CT molecular complexity index is 1640. The minimum absolute atomic E-state index is 0.0187. The lowest BCUT2D eigenvalue weighted by Gasteiger charge is -2.69. The van der Waals surface area contributed by atoms with Gasteiger partial charge in [0.2, 0.25) is 5.88 Å². The molecule has 4 aliphatic rings. The molecule has 2 bridgehead atoms. The molecule has 7 rings (SSSR count). The maximum Gasteiger partial charge on any atom is 0.514 e. The van der Waals surface area contributed by atoms with E-state index < -0.39 is 29.1 Å². The average Bonchev–Trinajstić information content (AvgIpc) is 3.59. The standard InChI is InChI=1S/C33H40F2N6O6/c1-19(15-32-16-33(36,17-32)18-32)45-28-13-21(12-26(38-28)29(34)35)37-27-14-25(39-40(27)31(2,3)4)20-5-8-24(11-20)47-30(42)46-23-9-6-22(7-10-23)41(43)44/h6-7,9-10,12-14,19-20,24,29H,5,8,11,15-18,36H2,1-4H3,(H,37,38)/t19?,20-,24+,32?,33?/m0/s1. The summed E-state index contributed by atoms with van der Waals surface area (Å²) in [5, 5.41) is 19.0. The van der Waals surface area contributed by atoms with Crippen molar-refractivity contribution in [1.82, 2.24) is 14.8 Å². The number of benzene rings is 1. The molecule has 1 unspecified atom stereocenters. The highest BCUT2D eigenvalue weighted by molar-refractivity contribution is 5.64. The number of anilines is 2. The van der Waals surface area contributed by atoms with Crippen LogP contribution in [0.5, 0.6) is 11.6 Å². The first kappa shape index (κ1) is 32.6. The zero-order valence-electron chi connectivity index (χ0n) is 26.9. The summed E-state index contributed by atoms with van der Waals surface area (Å²) in [5.41, 5.74) is 6.62. The van der Waals surface area contributed by atoms with E-state index in [4.69, 9.17) is 25.0 Å². The molecule has 4 aliphatic carbocycles. The molecule has 1 aromatic carbocycles. The Balaban J connectivity index is 1.12. The Morgan fingerprint density at radius 3 is 2.49 bits per heavy atom. The number of aromatic nitrogens is 3. The van der Waals surface area contributed by atoms with E-state index in [2.05, 4.69) is 10.3 Å². The predicted molar refractivity (Wildman–Crippen MR) is 168 cm³/mol. The third-order valence-electron chi connectivity index (χ3n) is 9.22. The fraction of sp³-hybridized carbons (Fsp3) is 0.545. The second kappa shape index (κ2) is 12.0. The zero-order valence-corrected chi connectivity index (χ0v) is 26.9. The van der Waals surface area contributed by atoms with Crippen LogP contribution < -0.4 is 20.5 Å². The zero-order chi connectivity index (χ0) is 33.7. The highest BCUT2D eigenvalue weighted by Crippen LogP contribution is 2.68. The normalized spacial score (nSPS) is 25.4. The van der Waals surface area contributed by atoms with Crippen molar-refractivity contribution in [2.45, 2.75) is 108 Å².